The van der Waals surface area contributed by atoms with E-state index >= 15 is 0 Å². The van der Waals surface area contributed by atoms with Gasteiger partial charge in [0.05, 0.1) is 12.9 Å². The molecule has 0 fully saturated rings. The standard InChI is InChI=1S/C5H8N4O3/c6-4(10)8-3-1-7-2-9(3)5(11)12/h2-3H,1H2,(H,11,12)(H3,6,8,10). The zero-order valence-electron chi connectivity index (χ0n) is 6.10. The SMILES string of the molecule is NC(=O)NC1CN=CN1C(=O)O. The van der Waals surface area contributed by atoms with Gasteiger partial charge in [-0.3, -0.25) is 4.99 Å². The van der Waals surface area contributed by atoms with Gasteiger partial charge in [0, 0.05) is 0 Å². The van der Waals surface area contributed by atoms with Crippen LogP contribution in [0.2, 0.25) is 0 Å². The highest BCUT2D eigenvalue weighted by atomic mass is 16.4. The van der Waals surface area contributed by atoms with Crippen LogP contribution >= 0.6 is 0 Å². The number of carbonyl (C=O) groups is 2. The normalized spacial score (nSPS) is 21.0. The van der Waals surface area contributed by atoms with Crippen molar-refractivity contribution >= 4 is 18.5 Å². The van der Waals surface area contributed by atoms with E-state index in [1.807, 2.05) is 0 Å². The van der Waals surface area contributed by atoms with Crippen molar-refractivity contribution in [3.63, 3.8) is 0 Å². The lowest BCUT2D eigenvalue weighted by Crippen LogP contribution is -2.50. The summed E-state index contributed by atoms with van der Waals surface area (Å²) in [6.07, 6.45) is -0.696. The molecule has 0 aromatic heterocycles. The van der Waals surface area contributed by atoms with Gasteiger partial charge in [0.2, 0.25) is 0 Å². The van der Waals surface area contributed by atoms with E-state index in [1.165, 1.54) is 0 Å². The summed E-state index contributed by atoms with van der Waals surface area (Å²) in [6, 6.07) is -0.767. The first-order valence-electron chi connectivity index (χ1n) is 3.18. The van der Waals surface area contributed by atoms with E-state index in [2.05, 4.69) is 10.3 Å². The minimum absolute atomic E-state index is 0.204. The van der Waals surface area contributed by atoms with E-state index in [4.69, 9.17) is 10.8 Å². The highest BCUT2D eigenvalue weighted by molar-refractivity contribution is 5.84. The monoisotopic (exact) mass is 172 g/mol. The molecule has 12 heavy (non-hydrogen) atoms. The molecule has 1 aliphatic rings. The molecule has 7 nitrogen and oxygen atoms in total. The lowest BCUT2D eigenvalue weighted by molar-refractivity contribution is 0.158. The molecule has 0 spiro atoms. The summed E-state index contributed by atoms with van der Waals surface area (Å²) in [5.74, 6) is 0. The maximum absolute atomic E-state index is 10.4. The summed E-state index contributed by atoms with van der Waals surface area (Å²) >= 11 is 0. The summed E-state index contributed by atoms with van der Waals surface area (Å²) in [4.78, 5) is 25.3. The Hall–Kier alpha value is -1.79. The number of urea groups is 1. The Bertz CT molecular complexity index is 239. The second kappa shape index (κ2) is 3.07. The van der Waals surface area contributed by atoms with Crippen LogP contribution in [0.15, 0.2) is 4.99 Å². The molecule has 1 heterocycles. The van der Waals surface area contributed by atoms with Crippen molar-refractivity contribution in [3.05, 3.63) is 0 Å². The Morgan fingerprint density at radius 2 is 2.42 bits per heavy atom. The van der Waals surface area contributed by atoms with Crippen LogP contribution in [0.25, 0.3) is 0 Å². The molecule has 0 aliphatic carbocycles. The second-order valence-electron chi connectivity index (χ2n) is 2.19. The van der Waals surface area contributed by atoms with Gasteiger partial charge in [0.15, 0.2) is 0 Å². The van der Waals surface area contributed by atoms with E-state index in [0.717, 1.165) is 11.2 Å². The third-order valence-corrected chi connectivity index (χ3v) is 1.35. The van der Waals surface area contributed by atoms with E-state index in [-0.39, 0.29) is 6.54 Å². The maximum atomic E-state index is 10.4. The van der Waals surface area contributed by atoms with Gasteiger partial charge in [0.25, 0.3) is 0 Å². The van der Waals surface area contributed by atoms with Crippen LogP contribution < -0.4 is 11.1 Å². The van der Waals surface area contributed by atoms with Crippen molar-refractivity contribution < 1.29 is 14.7 Å². The van der Waals surface area contributed by atoms with E-state index in [9.17, 15) is 9.59 Å². The zero-order valence-corrected chi connectivity index (χ0v) is 6.10. The van der Waals surface area contributed by atoms with Crippen molar-refractivity contribution in [1.82, 2.24) is 10.2 Å². The number of carbonyl (C=O) groups excluding carboxylic acids is 1. The molecule has 4 N–H and O–H groups in total. The first kappa shape index (κ1) is 8.31. The molecule has 7 heteroatoms. The predicted molar refractivity (Wildman–Crippen MR) is 39.7 cm³/mol. The molecule has 0 aromatic rings. The third kappa shape index (κ3) is 1.62. The van der Waals surface area contributed by atoms with Gasteiger partial charge < -0.3 is 16.2 Å². The number of primary amides is 1. The third-order valence-electron chi connectivity index (χ3n) is 1.35. The number of amides is 3. The topological polar surface area (TPSA) is 108 Å². The summed E-state index contributed by atoms with van der Waals surface area (Å²) in [5, 5.41) is 10.8. The van der Waals surface area contributed by atoms with Crippen LogP contribution in [0.1, 0.15) is 0 Å². The fourth-order valence-corrected chi connectivity index (χ4v) is 0.865. The largest absolute Gasteiger partial charge is 0.465 e. The highest BCUT2D eigenvalue weighted by Crippen LogP contribution is 2.01. The first-order valence-corrected chi connectivity index (χ1v) is 3.18. The maximum Gasteiger partial charge on any atom is 0.414 e. The van der Waals surface area contributed by atoms with Crippen LogP contribution in [0.3, 0.4) is 0 Å². The zero-order chi connectivity index (χ0) is 9.14. The van der Waals surface area contributed by atoms with Crippen LogP contribution in [-0.4, -0.2) is 41.2 Å². The van der Waals surface area contributed by atoms with Gasteiger partial charge in [-0.1, -0.05) is 0 Å². The molecular weight excluding hydrogens is 164 g/mol. The Labute approximate surface area is 67.9 Å². The number of aliphatic imine (C=N–C) groups is 1. The van der Waals surface area contributed by atoms with Crippen LogP contribution in [-0.2, 0) is 0 Å². The number of nitrogens with two attached hydrogens (primary N) is 1. The van der Waals surface area contributed by atoms with Crippen molar-refractivity contribution in [2.24, 2.45) is 10.7 Å². The van der Waals surface area contributed by atoms with Crippen LogP contribution in [0.4, 0.5) is 9.59 Å². The summed E-state index contributed by atoms with van der Waals surface area (Å²) < 4.78 is 0. The first-order chi connectivity index (χ1) is 5.61. The Morgan fingerprint density at radius 3 is 2.92 bits per heavy atom. The van der Waals surface area contributed by atoms with Crippen LogP contribution in [0, 0.1) is 0 Å². The summed E-state index contributed by atoms with van der Waals surface area (Å²) in [5.41, 5.74) is 4.81. The summed E-state index contributed by atoms with van der Waals surface area (Å²) in [7, 11) is 0. The molecule has 1 unspecified atom stereocenters. The minimum Gasteiger partial charge on any atom is -0.465 e. The molecule has 0 saturated heterocycles. The fraction of sp³-hybridized carbons (Fsp3) is 0.400. The molecule has 66 valence electrons. The summed E-state index contributed by atoms with van der Waals surface area (Å²) in [6.45, 7) is 0.204. The molecule has 1 rings (SSSR count). The lowest BCUT2D eigenvalue weighted by atomic mass is 10.5. The molecule has 1 atom stereocenters. The smallest absolute Gasteiger partial charge is 0.414 e. The van der Waals surface area contributed by atoms with Gasteiger partial charge in [-0.25, -0.2) is 14.5 Å². The number of nitrogens with zero attached hydrogens (tertiary/aromatic N) is 2. The molecular formula is C5H8N4O3. The Kier molecular flexibility index (Phi) is 2.13. The van der Waals surface area contributed by atoms with Crippen molar-refractivity contribution in [3.8, 4) is 0 Å². The van der Waals surface area contributed by atoms with Crippen molar-refractivity contribution in [1.29, 1.82) is 0 Å². The van der Waals surface area contributed by atoms with Crippen LogP contribution in [0.5, 0.6) is 0 Å². The van der Waals surface area contributed by atoms with Gasteiger partial charge in [-0.05, 0) is 0 Å². The molecule has 0 aromatic carbocycles. The fourth-order valence-electron chi connectivity index (χ4n) is 0.865. The second-order valence-corrected chi connectivity index (χ2v) is 2.19. The van der Waals surface area contributed by atoms with E-state index in [1.54, 1.807) is 0 Å². The Balaban J connectivity index is 2.56. The van der Waals surface area contributed by atoms with Crippen molar-refractivity contribution in [2.45, 2.75) is 6.17 Å². The average Bonchev–Trinajstić information content (AvgIpc) is 2.33. The molecule has 0 saturated carbocycles. The molecule has 3 amide bonds. The van der Waals surface area contributed by atoms with E-state index < -0.39 is 18.3 Å². The molecule has 0 bridgehead atoms. The molecule has 1 aliphatic heterocycles. The number of hydrogen-bond acceptors (Lipinski definition) is 3. The van der Waals surface area contributed by atoms with Gasteiger partial charge >= 0.3 is 12.1 Å². The van der Waals surface area contributed by atoms with E-state index in [0.29, 0.717) is 0 Å². The lowest BCUT2D eigenvalue weighted by Gasteiger charge is -2.18. The van der Waals surface area contributed by atoms with Gasteiger partial charge in [0.1, 0.15) is 6.17 Å². The van der Waals surface area contributed by atoms with Crippen molar-refractivity contribution in [2.75, 3.05) is 6.54 Å². The number of hydrogen-bond donors (Lipinski definition) is 3. The number of nitrogens with one attached hydrogen (secondary N) is 1. The van der Waals surface area contributed by atoms with Gasteiger partial charge in [-0.2, -0.15) is 0 Å². The average molecular weight is 172 g/mol. The Morgan fingerprint density at radius 1 is 1.75 bits per heavy atom. The number of carboxylic acid groups (broad SMARTS) is 1. The molecule has 0 radical (unpaired) electrons. The predicted octanol–water partition coefficient (Wildman–Crippen LogP) is -0.997. The van der Waals surface area contributed by atoms with Gasteiger partial charge in [-0.15, -0.1) is 0 Å². The minimum atomic E-state index is -1.17. The number of rotatable bonds is 1. The quantitative estimate of drug-likeness (QED) is 0.472. The highest BCUT2D eigenvalue weighted by Gasteiger charge is 2.26.